The molecule has 0 aromatic carbocycles. The lowest BCUT2D eigenvalue weighted by molar-refractivity contribution is 0.209. The van der Waals surface area contributed by atoms with Crippen molar-refractivity contribution < 1.29 is 4.21 Å². The van der Waals surface area contributed by atoms with Crippen molar-refractivity contribution in [3.05, 3.63) is 0 Å². The summed E-state index contributed by atoms with van der Waals surface area (Å²) in [7, 11) is -0.655. The van der Waals surface area contributed by atoms with E-state index < -0.39 is 10.8 Å². The van der Waals surface area contributed by atoms with Crippen LogP contribution < -0.4 is 5.32 Å². The molecule has 2 rings (SSSR count). The van der Waals surface area contributed by atoms with Crippen molar-refractivity contribution in [2.24, 2.45) is 5.92 Å². The maximum Gasteiger partial charge on any atom is 0.0359 e. The van der Waals surface area contributed by atoms with Crippen LogP contribution in [0, 0.1) is 5.92 Å². The minimum absolute atomic E-state index is 0.311. The second-order valence-corrected chi connectivity index (χ2v) is 7.08. The van der Waals surface area contributed by atoms with Crippen molar-refractivity contribution in [1.29, 1.82) is 0 Å². The molecule has 2 aliphatic rings. The van der Waals surface area contributed by atoms with Crippen LogP contribution in [0.15, 0.2) is 0 Å². The summed E-state index contributed by atoms with van der Waals surface area (Å²) in [6.45, 7) is 6.79. The van der Waals surface area contributed by atoms with Gasteiger partial charge in [-0.1, -0.05) is 0 Å². The molecule has 16 heavy (non-hydrogen) atoms. The lowest BCUT2D eigenvalue weighted by Gasteiger charge is -2.33. The van der Waals surface area contributed by atoms with Crippen LogP contribution >= 0.6 is 0 Å². The summed E-state index contributed by atoms with van der Waals surface area (Å²) in [4.78, 5) is 2.50. The summed E-state index contributed by atoms with van der Waals surface area (Å²) in [5, 5.41) is 3.72. The van der Waals surface area contributed by atoms with E-state index in [1.54, 1.807) is 6.26 Å². The molecule has 3 nitrogen and oxygen atoms in total. The maximum absolute atomic E-state index is 11.1. The number of hydrogen-bond donors (Lipinski definition) is 1. The molecule has 1 saturated carbocycles. The molecule has 1 N–H and O–H groups in total. The Balaban J connectivity index is 1.89. The summed E-state index contributed by atoms with van der Waals surface area (Å²) in [6.07, 6.45) is 5.79. The zero-order valence-electron chi connectivity index (χ0n) is 10.5. The zero-order chi connectivity index (χ0) is 11.6. The summed E-state index contributed by atoms with van der Waals surface area (Å²) in [5.74, 6) is 1.70. The Morgan fingerprint density at radius 2 is 2.25 bits per heavy atom. The lowest BCUT2D eigenvalue weighted by atomic mass is 9.95. The van der Waals surface area contributed by atoms with Crippen LogP contribution in [0.3, 0.4) is 0 Å². The monoisotopic (exact) mass is 244 g/mol. The highest BCUT2D eigenvalue weighted by atomic mass is 32.2. The molecule has 0 aromatic heterocycles. The number of nitrogens with one attached hydrogen (secondary N) is 1. The van der Waals surface area contributed by atoms with E-state index in [4.69, 9.17) is 0 Å². The van der Waals surface area contributed by atoms with E-state index in [0.717, 1.165) is 37.8 Å². The van der Waals surface area contributed by atoms with Gasteiger partial charge in [0, 0.05) is 41.4 Å². The molecule has 1 aliphatic carbocycles. The molecule has 1 aliphatic heterocycles. The minimum atomic E-state index is -0.655. The Labute approximate surface area is 101 Å². The highest BCUT2D eigenvalue weighted by Crippen LogP contribution is 2.40. The second-order valence-electron chi connectivity index (χ2n) is 5.53. The molecule has 0 bridgehead atoms. The fourth-order valence-electron chi connectivity index (χ4n) is 2.72. The van der Waals surface area contributed by atoms with Crippen LogP contribution in [0.4, 0.5) is 0 Å². The van der Waals surface area contributed by atoms with E-state index in [-0.39, 0.29) is 0 Å². The summed E-state index contributed by atoms with van der Waals surface area (Å²) >= 11 is 0. The first kappa shape index (κ1) is 12.5. The van der Waals surface area contributed by atoms with Gasteiger partial charge in [0.2, 0.25) is 0 Å². The first-order valence-corrected chi connectivity index (χ1v) is 8.10. The van der Waals surface area contributed by atoms with Crippen LogP contribution in [0.2, 0.25) is 0 Å². The Hall–Kier alpha value is 0.0700. The third-order valence-electron chi connectivity index (χ3n) is 3.91. The molecule has 2 unspecified atom stereocenters. The van der Waals surface area contributed by atoms with Crippen molar-refractivity contribution in [3.63, 3.8) is 0 Å². The molecule has 0 aromatic rings. The first-order valence-electron chi connectivity index (χ1n) is 6.37. The van der Waals surface area contributed by atoms with Gasteiger partial charge in [0.1, 0.15) is 0 Å². The van der Waals surface area contributed by atoms with E-state index in [2.05, 4.69) is 17.1 Å². The third-order valence-corrected chi connectivity index (χ3v) is 4.66. The third kappa shape index (κ3) is 3.28. The fraction of sp³-hybridized carbons (Fsp3) is 1.00. The Morgan fingerprint density at radius 3 is 2.88 bits per heavy atom. The van der Waals surface area contributed by atoms with Crippen molar-refractivity contribution in [2.75, 3.05) is 38.2 Å². The molecule has 4 heteroatoms. The number of nitrogens with zero attached hydrogens (tertiary/aromatic N) is 1. The van der Waals surface area contributed by atoms with Gasteiger partial charge >= 0.3 is 0 Å². The Morgan fingerprint density at radius 1 is 1.50 bits per heavy atom. The molecule has 1 saturated heterocycles. The van der Waals surface area contributed by atoms with Gasteiger partial charge in [-0.05, 0) is 45.2 Å². The van der Waals surface area contributed by atoms with Crippen LogP contribution in [0.5, 0.6) is 0 Å². The molecule has 2 atom stereocenters. The SMILES string of the molecule is CS(=O)CCN1CCCNC(C)(C2CC2)C1. The summed E-state index contributed by atoms with van der Waals surface area (Å²) in [5.41, 5.74) is 0.311. The summed E-state index contributed by atoms with van der Waals surface area (Å²) < 4.78 is 11.1. The van der Waals surface area contributed by atoms with E-state index in [1.807, 2.05) is 0 Å². The normalized spacial score (nSPS) is 34.6. The highest BCUT2D eigenvalue weighted by Gasteiger charge is 2.42. The van der Waals surface area contributed by atoms with Crippen molar-refractivity contribution in [2.45, 2.75) is 31.7 Å². The average Bonchev–Trinajstić information content (AvgIpc) is 3.01. The van der Waals surface area contributed by atoms with E-state index in [9.17, 15) is 4.21 Å². The van der Waals surface area contributed by atoms with Crippen LogP contribution in [0.1, 0.15) is 26.2 Å². The van der Waals surface area contributed by atoms with E-state index in [0.29, 0.717) is 5.54 Å². The Bertz CT molecular complexity index is 268. The predicted octanol–water partition coefficient (Wildman–Crippen LogP) is 0.829. The van der Waals surface area contributed by atoms with Gasteiger partial charge in [-0.15, -0.1) is 0 Å². The predicted molar refractivity (Wildman–Crippen MR) is 69.1 cm³/mol. The fourth-order valence-corrected chi connectivity index (χ4v) is 3.23. The number of hydrogen-bond acceptors (Lipinski definition) is 3. The summed E-state index contributed by atoms with van der Waals surface area (Å²) in [6, 6.07) is 0. The van der Waals surface area contributed by atoms with Gasteiger partial charge in [-0.25, -0.2) is 0 Å². The van der Waals surface area contributed by atoms with Gasteiger partial charge in [0.05, 0.1) is 0 Å². The van der Waals surface area contributed by atoms with Crippen LogP contribution in [0.25, 0.3) is 0 Å². The van der Waals surface area contributed by atoms with Gasteiger partial charge in [-0.3, -0.25) is 4.21 Å². The lowest BCUT2D eigenvalue weighted by Crippen LogP contribution is -2.51. The molecule has 0 spiro atoms. The molecule has 0 radical (unpaired) electrons. The highest BCUT2D eigenvalue weighted by molar-refractivity contribution is 7.84. The maximum atomic E-state index is 11.1. The van der Waals surface area contributed by atoms with Crippen molar-refractivity contribution in [3.8, 4) is 0 Å². The van der Waals surface area contributed by atoms with Crippen LogP contribution in [-0.2, 0) is 10.8 Å². The van der Waals surface area contributed by atoms with Crippen molar-refractivity contribution >= 4 is 10.8 Å². The smallest absolute Gasteiger partial charge is 0.0359 e. The quantitative estimate of drug-likeness (QED) is 0.795. The van der Waals surface area contributed by atoms with Gasteiger partial charge < -0.3 is 10.2 Å². The molecule has 2 fully saturated rings. The largest absolute Gasteiger partial charge is 0.310 e. The molecule has 94 valence electrons. The van der Waals surface area contributed by atoms with Crippen LogP contribution in [-0.4, -0.2) is 52.8 Å². The molecular formula is C12H24N2OS. The minimum Gasteiger partial charge on any atom is -0.310 e. The Kier molecular flexibility index (Phi) is 4.03. The standard InChI is InChI=1S/C12H24N2OS/c1-12(11-4-5-11)10-14(7-3-6-13-12)8-9-16(2)15/h11,13H,3-10H2,1-2H3. The number of rotatable bonds is 4. The average molecular weight is 244 g/mol. The molecular weight excluding hydrogens is 220 g/mol. The van der Waals surface area contributed by atoms with E-state index >= 15 is 0 Å². The zero-order valence-corrected chi connectivity index (χ0v) is 11.3. The topological polar surface area (TPSA) is 32.3 Å². The van der Waals surface area contributed by atoms with Gasteiger partial charge in [0.15, 0.2) is 0 Å². The van der Waals surface area contributed by atoms with Gasteiger partial charge in [0.25, 0.3) is 0 Å². The second kappa shape index (κ2) is 5.15. The molecule has 0 amide bonds. The van der Waals surface area contributed by atoms with Crippen molar-refractivity contribution in [1.82, 2.24) is 10.2 Å². The van der Waals surface area contributed by atoms with Gasteiger partial charge in [-0.2, -0.15) is 0 Å². The first-order chi connectivity index (χ1) is 7.60. The van der Waals surface area contributed by atoms with E-state index in [1.165, 1.54) is 19.3 Å². The molecule has 1 heterocycles.